The average Bonchev–Trinajstić information content (AvgIpc) is 2.36. The van der Waals surface area contributed by atoms with Crippen molar-refractivity contribution in [3.8, 4) is 0 Å². The van der Waals surface area contributed by atoms with E-state index in [-0.39, 0.29) is 18.4 Å². The van der Waals surface area contributed by atoms with Gasteiger partial charge in [-0.1, -0.05) is 43.7 Å². The van der Waals surface area contributed by atoms with Gasteiger partial charge in [0.15, 0.2) is 0 Å². The van der Waals surface area contributed by atoms with Crippen molar-refractivity contribution < 1.29 is 9.90 Å². The molecule has 0 aromatic heterocycles. The first-order valence-electron chi connectivity index (χ1n) is 6.63. The van der Waals surface area contributed by atoms with Crippen molar-refractivity contribution in [1.29, 1.82) is 0 Å². The second kappa shape index (κ2) is 7.88. The number of nitrogens with one attached hydrogen (secondary N) is 1. The molecule has 1 rings (SSSR count). The van der Waals surface area contributed by atoms with Gasteiger partial charge in [0, 0.05) is 12.5 Å². The molecule has 0 amide bonds. The van der Waals surface area contributed by atoms with Gasteiger partial charge >= 0.3 is 5.97 Å². The number of aliphatic carboxylic acids is 1. The van der Waals surface area contributed by atoms with Crippen LogP contribution in [-0.2, 0) is 4.79 Å². The highest BCUT2D eigenvalue weighted by atomic mass is 16.4. The largest absolute Gasteiger partial charge is 0.481 e. The number of benzene rings is 1. The van der Waals surface area contributed by atoms with Gasteiger partial charge in [-0.2, -0.15) is 0 Å². The number of hydrogen-bond acceptors (Lipinski definition) is 2. The highest BCUT2D eigenvalue weighted by Gasteiger charge is 2.13. The van der Waals surface area contributed by atoms with Gasteiger partial charge in [-0.15, -0.1) is 0 Å². The Morgan fingerprint density at radius 1 is 1.33 bits per heavy atom. The smallest absolute Gasteiger partial charge is 0.303 e. The van der Waals surface area contributed by atoms with Crippen molar-refractivity contribution >= 4 is 5.97 Å². The lowest BCUT2D eigenvalue weighted by Crippen LogP contribution is -2.27. The van der Waals surface area contributed by atoms with Crippen LogP contribution < -0.4 is 5.32 Å². The van der Waals surface area contributed by atoms with Crippen LogP contribution in [0.1, 0.15) is 44.7 Å². The van der Waals surface area contributed by atoms with E-state index >= 15 is 0 Å². The molecule has 0 heterocycles. The van der Waals surface area contributed by atoms with Crippen molar-refractivity contribution in [3.63, 3.8) is 0 Å². The SMILES string of the molecule is CCCC(CNC(C)c1ccccc1)CC(=O)O. The third-order valence-corrected chi connectivity index (χ3v) is 3.17. The molecule has 3 heteroatoms. The Bertz CT molecular complexity index is 351. The summed E-state index contributed by atoms with van der Waals surface area (Å²) >= 11 is 0. The maximum absolute atomic E-state index is 10.8. The maximum Gasteiger partial charge on any atom is 0.303 e. The molecular formula is C15H23NO2. The van der Waals surface area contributed by atoms with E-state index in [2.05, 4.69) is 31.3 Å². The summed E-state index contributed by atoms with van der Waals surface area (Å²) in [7, 11) is 0. The van der Waals surface area contributed by atoms with Crippen LogP contribution in [0.3, 0.4) is 0 Å². The van der Waals surface area contributed by atoms with Crippen molar-refractivity contribution in [2.45, 2.75) is 39.2 Å². The van der Waals surface area contributed by atoms with E-state index in [1.807, 2.05) is 18.2 Å². The molecule has 1 aromatic carbocycles. The van der Waals surface area contributed by atoms with Gasteiger partial charge in [-0.3, -0.25) is 4.79 Å². The zero-order chi connectivity index (χ0) is 13.4. The minimum Gasteiger partial charge on any atom is -0.481 e. The lowest BCUT2D eigenvalue weighted by molar-refractivity contribution is -0.138. The quantitative estimate of drug-likeness (QED) is 0.743. The predicted molar refractivity (Wildman–Crippen MR) is 73.5 cm³/mol. The fraction of sp³-hybridized carbons (Fsp3) is 0.533. The van der Waals surface area contributed by atoms with E-state index in [0.717, 1.165) is 19.4 Å². The minimum atomic E-state index is -0.706. The summed E-state index contributed by atoms with van der Waals surface area (Å²) in [6.45, 7) is 4.96. The summed E-state index contributed by atoms with van der Waals surface area (Å²) in [6, 6.07) is 10.5. The van der Waals surface area contributed by atoms with Crippen LogP contribution >= 0.6 is 0 Å². The third kappa shape index (κ3) is 5.32. The third-order valence-electron chi connectivity index (χ3n) is 3.17. The molecule has 1 aromatic rings. The van der Waals surface area contributed by atoms with Crippen LogP contribution in [0.15, 0.2) is 30.3 Å². The minimum absolute atomic E-state index is 0.221. The number of carbonyl (C=O) groups is 1. The number of hydrogen-bond donors (Lipinski definition) is 2. The zero-order valence-corrected chi connectivity index (χ0v) is 11.2. The predicted octanol–water partition coefficient (Wildman–Crippen LogP) is 3.23. The molecule has 0 radical (unpaired) electrons. The van der Waals surface area contributed by atoms with Gasteiger partial charge in [-0.05, 0) is 31.4 Å². The Balaban J connectivity index is 2.44. The Hall–Kier alpha value is -1.35. The van der Waals surface area contributed by atoms with Crippen molar-refractivity contribution in [3.05, 3.63) is 35.9 Å². The van der Waals surface area contributed by atoms with Crippen molar-refractivity contribution in [1.82, 2.24) is 5.32 Å². The van der Waals surface area contributed by atoms with E-state index in [1.165, 1.54) is 5.56 Å². The molecular weight excluding hydrogens is 226 g/mol. The molecule has 0 aliphatic heterocycles. The topological polar surface area (TPSA) is 49.3 Å². The van der Waals surface area contributed by atoms with Gasteiger partial charge in [0.05, 0.1) is 0 Å². The molecule has 0 saturated heterocycles. The highest BCUT2D eigenvalue weighted by Crippen LogP contribution is 2.15. The lowest BCUT2D eigenvalue weighted by Gasteiger charge is -2.19. The number of carboxylic acids is 1. The zero-order valence-electron chi connectivity index (χ0n) is 11.2. The Kier molecular flexibility index (Phi) is 6.44. The lowest BCUT2D eigenvalue weighted by atomic mass is 9.99. The summed E-state index contributed by atoms with van der Waals surface area (Å²) in [5.74, 6) is -0.485. The molecule has 2 atom stereocenters. The second-order valence-corrected chi connectivity index (χ2v) is 4.79. The monoisotopic (exact) mass is 249 g/mol. The van der Waals surface area contributed by atoms with Gasteiger partial charge < -0.3 is 10.4 Å². The van der Waals surface area contributed by atoms with Crippen LogP contribution in [0, 0.1) is 5.92 Å². The van der Waals surface area contributed by atoms with Crippen LogP contribution in [-0.4, -0.2) is 17.6 Å². The standard InChI is InChI=1S/C15H23NO2/c1-3-7-13(10-15(17)18)11-16-12(2)14-8-5-4-6-9-14/h4-6,8-9,12-13,16H,3,7,10-11H2,1-2H3,(H,17,18). The first-order chi connectivity index (χ1) is 8.63. The first-order valence-corrected chi connectivity index (χ1v) is 6.63. The maximum atomic E-state index is 10.8. The molecule has 0 bridgehead atoms. The van der Waals surface area contributed by atoms with E-state index in [9.17, 15) is 4.79 Å². The van der Waals surface area contributed by atoms with Gasteiger partial charge in [0.25, 0.3) is 0 Å². The number of carboxylic acid groups (broad SMARTS) is 1. The molecule has 0 aliphatic rings. The first kappa shape index (κ1) is 14.7. The number of rotatable bonds is 8. The summed E-state index contributed by atoms with van der Waals surface area (Å²) in [4.78, 5) is 10.8. The van der Waals surface area contributed by atoms with E-state index in [4.69, 9.17) is 5.11 Å². The molecule has 0 saturated carbocycles. The highest BCUT2D eigenvalue weighted by molar-refractivity contribution is 5.67. The van der Waals surface area contributed by atoms with Gasteiger partial charge in [0.2, 0.25) is 0 Å². The van der Waals surface area contributed by atoms with Crippen LogP contribution in [0.25, 0.3) is 0 Å². The van der Waals surface area contributed by atoms with Crippen molar-refractivity contribution in [2.75, 3.05) is 6.54 Å². The van der Waals surface area contributed by atoms with E-state index in [1.54, 1.807) is 0 Å². The molecule has 3 nitrogen and oxygen atoms in total. The summed E-state index contributed by atoms with van der Waals surface area (Å²) in [5.41, 5.74) is 1.24. The van der Waals surface area contributed by atoms with Gasteiger partial charge in [-0.25, -0.2) is 0 Å². The molecule has 0 fully saturated rings. The molecule has 18 heavy (non-hydrogen) atoms. The fourth-order valence-corrected chi connectivity index (χ4v) is 2.13. The van der Waals surface area contributed by atoms with E-state index in [0.29, 0.717) is 0 Å². The van der Waals surface area contributed by atoms with Crippen LogP contribution in [0.2, 0.25) is 0 Å². The molecule has 100 valence electrons. The van der Waals surface area contributed by atoms with E-state index < -0.39 is 5.97 Å². The Morgan fingerprint density at radius 3 is 2.56 bits per heavy atom. The second-order valence-electron chi connectivity index (χ2n) is 4.79. The summed E-state index contributed by atoms with van der Waals surface area (Å²) in [5, 5.41) is 12.3. The Labute approximate surface area is 109 Å². The summed E-state index contributed by atoms with van der Waals surface area (Å²) < 4.78 is 0. The Morgan fingerprint density at radius 2 is 2.00 bits per heavy atom. The summed E-state index contributed by atoms with van der Waals surface area (Å²) in [6.07, 6.45) is 2.24. The van der Waals surface area contributed by atoms with Gasteiger partial charge in [0.1, 0.15) is 0 Å². The van der Waals surface area contributed by atoms with Crippen molar-refractivity contribution in [2.24, 2.45) is 5.92 Å². The van der Waals surface area contributed by atoms with Crippen LogP contribution in [0.5, 0.6) is 0 Å². The normalized spacial score (nSPS) is 14.1. The molecule has 0 aliphatic carbocycles. The molecule has 0 spiro atoms. The molecule has 2 N–H and O–H groups in total. The molecule has 2 unspecified atom stereocenters. The fourth-order valence-electron chi connectivity index (χ4n) is 2.13. The van der Waals surface area contributed by atoms with Crippen LogP contribution in [0.4, 0.5) is 0 Å². The average molecular weight is 249 g/mol.